The minimum Gasteiger partial charge on any atom is -0.379 e. The molecule has 0 amide bonds. The maximum Gasteiger partial charge on any atom is 0.128 e. The Kier molecular flexibility index (Phi) is 7.00. The molecule has 29 heavy (non-hydrogen) atoms. The van der Waals surface area contributed by atoms with Crippen molar-refractivity contribution >= 4 is 0 Å². The van der Waals surface area contributed by atoms with Crippen molar-refractivity contribution in [2.75, 3.05) is 32.8 Å². The fraction of sp³-hybridized carbons (Fsp3) is 0.360. The Morgan fingerprint density at radius 3 is 2.48 bits per heavy atom. The molecule has 2 heterocycles. The topological polar surface area (TPSA) is 38.2 Å². The van der Waals surface area contributed by atoms with E-state index in [-0.39, 0.29) is 0 Å². The van der Waals surface area contributed by atoms with Gasteiger partial charge in [-0.1, -0.05) is 48.5 Å². The molecule has 0 aliphatic carbocycles. The number of rotatable bonds is 8. The summed E-state index contributed by atoms with van der Waals surface area (Å²) in [5.41, 5.74) is 4.91. The van der Waals surface area contributed by atoms with Crippen molar-refractivity contribution < 1.29 is 4.74 Å². The van der Waals surface area contributed by atoms with Gasteiger partial charge in [0.15, 0.2) is 0 Å². The molecule has 150 valence electrons. The van der Waals surface area contributed by atoms with E-state index >= 15 is 0 Å². The van der Waals surface area contributed by atoms with E-state index in [9.17, 15) is 0 Å². The van der Waals surface area contributed by atoms with Gasteiger partial charge in [0.2, 0.25) is 0 Å². The third-order valence-corrected chi connectivity index (χ3v) is 5.45. The summed E-state index contributed by atoms with van der Waals surface area (Å²) < 4.78 is 5.41. The van der Waals surface area contributed by atoms with Crippen LogP contribution in [-0.2, 0) is 24.0 Å². The predicted molar refractivity (Wildman–Crippen MR) is 117 cm³/mol. The van der Waals surface area contributed by atoms with E-state index in [1.165, 1.54) is 16.7 Å². The van der Waals surface area contributed by atoms with Crippen LogP contribution in [0.2, 0.25) is 0 Å². The lowest BCUT2D eigenvalue weighted by Crippen LogP contribution is -2.37. The molecule has 0 atom stereocenters. The van der Waals surface area contributed by atoms with E-state index < -0.39 is 0 Å². The monoisotopic (exact) mass is 387 g/mol. The lowest BCUT2D eigenvalue weighted by Gasteiger charge is -2.26. The van der Waals surface area contributed by atoms with E-state index in [1.54, 1.807) is 0 Å². The van der Waals surface area contributed by atoms with Gasteiger partial charge in [0.05, 0.1) is 18.9 Å². The molecule has 1 aromatic heterocycles. The fourth-order valence-electron chi connectivity index (χ4n) is 3.79. The van der Waals surface area contributed by atoms with Gasteiger partial charge in [0, 0.05) is 31.3 Å². The Labute approximate surface area is 173 Å². The largest absolute Gasteiger partial charge is 0.379 e. The number of hydrogen-bond donors (Lipinski definition) is 0. The van der Waals surface area contributed by atoms with Gasteiger partial charge in [-0.05, 0) is 49.1 Å². The first-order valence-electron chi connectivity index (χ1n) is 10.6. The molecule has 0 bridgehead atoms. The number of nitrogens with zero attached hydrogens (tertiary/aromatic N) is 3. The first-order valence-corrected chi connectivity index (χ1v) is 10.6. The lowest BCUT2D eigenvalue weighted by atomic mass is 10.0. The quantitative estimate of drug-likeness (QED) is 0.581. The van der Waals surface area contributed by atoms with Crippen LogP contribution in [0.25, 0.3) is 11.3 Å². The lowest BCUT2D eigenvalue weighted by molar-refractivity contribution is 0.0374. The van der Waals surface area contributed by atoms with Crippen LogP contribution in [0.15, 0.2) is 66.9 Å². The second-order valence-corrected chi connectivity index (χ2v) is 7.60. The molecule has 3 aromatic rings. The van der Waals surface area contributed by atoms with Crippen LogP contribution < -0.4 is 0 Å². The van der Waals surface area contributed by atoms with Gasteiger partial charge in [0.25, 0.3) is 0 Å². The van der Waals surface area contributed by atoms with E-state index in [4.69, 9.17) is 9.72 Å². The summed E-state index contributed by atoms with van der Waals surface area (Å²) in [7, 11) is 0. The number of hydrogen-bond acceptors (Lipinski definition) is 4. The summed E-state index contributed by atoms with van der Waals surface area (Å²) in [6, 6.07) is 21.4. The van der Waals surface area contributed by atoms with Crippen LogP contribution in [0.4, 0.5) is 0 Å². The minimum absolute atomic E-state index is 0.854. The highest BCUT2D eigenvalue weighted by molar-refractivity contribution is 5.59. The molecular formula is C25H29N3O. The molecule has 4 nitrogen and oxygen atoms in total. The van der Waals surface area contributed by atoms with Crippen molar-refractivity contribution in [2.24, 2.45) is 0 Å². The maximum absolute atomic E-state index is 5.41. The van der Waals surface area contributed by atoms with Crippen molar-refractivity contribution in [3.8, 4) is 11.3 Å². The molecule has 0 spiro atoms. The first-order chi connectivity index (χ1) is 14.4. The highest BCUT2D eigenvalue weighted by atomic mass is 16.5. The minimum atomic E-state index is 0.854. The van der Waals surface area contributed by atoms with Crippen molar-refractivity contribution in [2.45, 2.75) is 25.7 Å². The van der Waals surface area contributed by atoms with Crippen LogP contribution in [-0.4, -0.2) is 47.7 Å². The molecule has 1 aliphatic rings. The van der Waals surface area contributed by atoms with Crippen LogP contribution in [0.5, 0.6) is 0 Å². The summed E-state index contributed by atoms with van der Waals surface area (Å²) >= 11 is 0. The second-order valence-electron chi connectivity index (χ2n) is 7.60. The molecule has 0 N–H and O–H groups in total. The maximum atomic E-state index is 5.41. The second kappa shape index (κ2) is 10.3. The number of morpholine rings is 1. The van der Waals surface area contributed by atoms with Gasteiger partial charge in [-0.2, -0.15) is 0 Å². The van der Waals surface area contributed by atoms with Gasteiger partial charge in [-0.15, -0.1) is 0 Å². The average molecular weight is 388 g/mol. The number of aryl methyl sites for hydroxylation is 3. The van der Waals surface area contributed by atoms with Crippen molar-refractivity contribution in [1.82, 2.24) is 14.9 Å². The van der Waals surface area contributed by atoms with Crippen molar-refractivity contribution in [1.29, 1.82) is 0 Å². The van der Waals surface area contributed by atoms with Crippen LogP contribution in [0.3, 0.4) is 0 Å². The van der Waals surface area contributed by atoms with Crippen LogP contribution in [0, 0.1) is 0 Å². The van der Waals surface area contributed by atoms with Crippen LogP contribution in [0.1, 0.15) is 23.4 Å². The molecule has 2 aromatic carbocycles. The third-order valence-electron chi connectivity index (χ3n) is 5.45. The summed E-state index contributed by atoms with van der Waals surface area (Å²) in [6.07, 6.45) is 5.98. The summed E-state index contributed by atoms with van der Waals surface area (Å²) in [4.78, 5) is 11.8. The van der Waals surface area contributed by atoms with Gasteiger partial charge < -0.3 is 4.74 Å². The standard InChI is InChI=1S/C25H29N3O/c1-2-6-21(7-3-1)11-12-22-8-4-9-23(20-22)24-13-14-26-25(27-24)10-5-15-28-16-18-29-19-17-28/h1-4,6-9,13-14,20H,5,10-12,15-19H2. The van der Waals surface area contributed by atoms with Crippen molar-refractivity contribution in [3.63, 3.8) is 0 Å². The molecule has 1 fully saturated rings. The molecule has 1 saturated heterocycles. The van der Waals surface area contributed by atoms with Gasteiger partial charge in [-0.3, -0.25) is 4.90 Å². The number of aromatic nitrogens is 2. The zero-order chi connectivity index (χ0) is 19.7. The van der Waals surface area contributed by atoms with Gasteiger partial charge >= 0.3 is 0 Å². The van der Waals surface area contributed by atoms with Gasteiger partial charge in [-0.25, -0.2) is 9.97 Å². The molecular weight excluding hydrogens is 358 g/mol. The summed E-state index contributed by atoms with van der Waals surface area (Å²) in [6.45, 7) is 4.87. The summed E-state index contributed by atoms with van der Waals surface area (Å²) in [5, 5.41) is 0. The summed E-state index contributed by atoms with van der Waals surface area (Å²) in [5.74, 6) is 0.936. The highest BCUT2D eigenvalue weighted by Gasteiger charge is 2.10. The van der Waals surface area contributed by atoms with E-state index in [0.29, 0.717) is 0 Å². The normalized spacial score (nSPS) is 14.8. The fourth-order valence-corrected chi connectivity index (χ4v) is 3.79. The van der Waals surface area contributed by atoms with Gasteiger partial charge in [0.1, 0.15) is 5.82 Å². The Hall–Kier alpha value is -2.56. The van der Waals surface area contributed by atoms with E-state index in [1.807, 2.05) is 12.3 Å². The predicted octanol–water partition coefficient (Wildman–Crippen LogP) is 4.19. The molecule has 0 saturated carbocycles. The molecule has 0 unspecified atom stereocenters. The average Bonchev–Trinajstić information content (AvgIpc) is 2.80. The molecule has 4 rings (SSSR count). The smallest absolute Gasteiger partial charge is 0.128 e. The Morgan fingerprint density at radius 2 is 1.62 bits per heavy atom. The third kappa shape index (κ3) is 5.96. The Balaban J connectivity index is 1.36. The SMILES string of the molecule is c1ccc(CCc2cccc(-c3ccnc(CCCN4CCOCC4)n3)c2)cc1. The van der Waals surface area contributed by atoms with Crippen LogP contribution >= 0.6 is 0 Å². The number of ether oxygens (including phenoxy) is 1. The zero-order valence-corrected chi connectivity index (χ0v) is 17.0. The van der Waals surface area contributed by atoms with Crippen molar-refractivity contribution in [3.05, 3.63) is 83.8 Å². The Morgan fingerprint density at radius 1 is 0.828 bits per heavy atom. The van der Waals surface area contributed by atoms with E-state index in [2.05, 4.69) is 64.5 Å². The molecule has 4 heteroatoms. The Bertz CT molecular complexity index is 891. The molecule has 0 radical (unpaired) electrons. The number of benzene rings is 2. The molecule has 1 aliphatic heterocycles. The first kappa shape index (κ1) is 19.7. The highest BCUT2D eigenvalue weighted by Crippen LogP contribution is 2.19. The van der Waals surface area contributed by atoms with E-state index in [0.717, 1.165) is 70.0 Å². The zero-order valence-electron chi connectivity index (χ0n) is 17.0.